The van der Waals surface area contributed by atoms with Gasteiger partial charge in [0.1, 0.15) is 0 Å². The molecule has 1 aliphatic heterocycles. The molecular weight excluding hydrogens is 388 g/mol. The Kier molecular flexibility index (Phi) is 6.27. The van der Waals surface area contributed by atoms with Gasteiger partial charge in [-0.3, -0.25) is 9.69 Å². The van der Waals surface area contributed by atoms with E-state index in [0.717, 1.165) is 29.7 Å². The molecule has 1 saturated heterocycles. The summed E-state index contributed by atoms with van der Waals surface area (Å²) in [6.45, 7) is 3.58. The van der Waals surface area contributed by atoms with E-state index in [2.05, 4.69) is 4.98 Å². The second kappa shape index (κ2) is 9.24. The van der Waals surface area contributed by atoms with Crippen molar-refractivity contribution >= 4 is 32.6 Å². The lowest BCUT2D eigenvalue weighted by Gasteiger charge is -2.23. The third-order valence-electron chi connectivity index (χ3n) is 4.72. The number of ether oxygens (including phenoxy) is 3. The number of rotatable bonds is 8. The number of amides is 1. The Hall–Kier alpha value is -2.64. The fourth-order valence-electron chi connectivity index (χ4n) is 3.32. The number of hydrogen-bond acceptors (Lipinski definition) is 6. The fraction of sp³-hybridized carbons (Fsp3) is 0.364. The van der Waals surface area contributed by atoms with Gasteiger partial charge >= 0.3 is 0 Å². The predicted molar refractivity (Wildman–Crippen MR) is 114 cm³/mol. The lowest BCUT2D eigenvalue weighted by molar-refractivity contribution is -0.121. The zero-order valence-electron chi connectivity index (χ0n) is 16.4. The van der Waals surface area contributed by atoms with Crippen LogP contribution in [0.25, 0.3) is 10.2 Å². The van der Waals surface area contributed by atoms with E-state index in [1.807, 2.05) is 49.4 Å². The number of aromatic nitrogens is 1. The van der Waals surface area contributed by atoms with Crippen LogP contribution in [0, 0.1) is 0 Å². The number of benzene rings is 2. The molecule has 0 N–H and O–H groups in total. The van der Waals surface area contributed by atoms with Crippen LogP contribution in [-0.4, -0.2) is 43.4 Å². The number of fused-ring (bicyclic) bond motifs is 1. The van der Waals surface area contributed by atoms with Crippen molar-refractivity contribution in [1.82, 2.24) is 4.98 Å². The smallest absolute Gasteiger partial charge is 0.266 e. The number of hydrogen-bond donors (Lipinski definition) is 0. The monoisotopic (exact) mass is 412 g/mol. The van der Waals surface area contributed by atoms with Crippen molar-refractivity contribution < 1.29 is 19.0 Å². The number of anilines is 1. The minimum Gasteiger partial charge on any atom is -0.490 e. The van der Waals surface area contributed by atoms with Crippen LogP contribution in [-0.2, 0) is 9.53 Å². The van der Waals surface area contributed by atoms with Crippen LogP contribution < -0.4 is 14.4 Å². The molecular formula is C22H24N2O4S. The number of para-hydroxylation sites is 3. The predicted octanol–water partition coefficient (Wildman–Crippen LogP) is 4.29. The highest BCUT2D eigenvalue weighted by molar-refractivity contribution is 7.22. The maximum Gasteiger partial charge on any atom is 0.266 e. The summed E-state index contributed by atoms with van der Waals surface area (Å²) in [5, 5.41) is 0.674. The lowest BCUT2D eigenvalue weighted by Crippen LogP contribution is -2.40. The lowest BCUT2D eigenvalue weighted by atomic mass is 10.2. The van der Waals surface area contributed by atoms with Crippen molar-refractivity contribution in [2.45, 2.75) is 25.9 Å². The molecule has 1 aromatic heterocycles. The maximum absolute atomic E-state index is 13.1. The third kappa shape index (κ3) is 4.68. The van der Waals surface area contributed by atoms with Crippen LogP contribution in [0.15, 0.2) is 48.5 Å². The average Bonchev–Trinajstić information content (AvgIpc) is 3.40. The zero-order valence-corrected chi connectivity index (χ0v) is 17.2. The molecule has 0 spiro atoms. The summed E-state index contributed by atoms with van der Waals surface area (Å²) >= 11 is 1.51. The SMILES string of the molecule is CCOc1ccccc1OCC(=O)N(CC1CCCO1)c1nc2ccccc2s1. The summed E-state index contributed by atoms with van der Waals surface area (Å²) in [5.41, 5.74) is 0.889. The van der Waals surface area contributed by atoms with Crippen LogP contribution in [0.3, 0.4) is 0 Å². The first-order valence-electron chi connectivity index (χ1n) is 9.86. The van der Waals surface area contributed by atoms with Gasteiger partial charge in [0.25, 0.3) is 5.91 Å². The van der Waals surface area contributed by atoms with Crippen molar-refractivity contribution in [1.29, 1.82) is 0 Å². The molecule has 1 fully saturated rings. The molecule has 7 heteroatoms. The standard InChI is InChI=1S/C22H24N2O4S/c1-2-26-18-10-4-5-11-19(18)28-15-21(25)24(14-16-8-7-13-27-16)22-23-17-9-3-6-12-20(17)29-22/h3-6,9-12,16H,2,7-8,13-15H2,1H3. The molecule has 0 saturated carbocycles. The van der Waals surface area contributed by atoms with Gasteiger partial charge in [0, 0.05) is 6.61 Å². The number of carbonyl (C=O) groups is 1. The third-order valence-corrected chi connectivity index (χ3v) is 5.78. The molecule has 152 valence electrons. The molecule has 0 radical (unpaired) electrons. The van der Waals surface area contributed by atoms with Gasteiger partial charge in [0.05, 0.1) is 29.5 Å². The molecule has 2 aromatic carbocycles. The van der Waals surface area contributed by atoms with E-state index in [0.29, 0.717) is 29.8 Å². The Bertz CT molecular complexity index is 935. The van der Waals surface area contributed by atoms with E-state index >= 15 is 0 Å². The van der Waals surface area contributed by atoms with Gasteiger partial charge in [0.15, 0.2) is 23.2 Å². The van der Waals surface area contributed by atoms with E-state index in [4.69, 9.17) is 14.2 Å². The number of carbonyl (C=O) groups excluding carboxylic acids is 1. The summed E-state index contributed by atoms with van der Waals surface area (Å²) in [6.07, 6.45) is 2.00. The van der Waals surface area contributed by atoms with Gasteiger partial charge in [-0.2, -0.15) is 0 Å². The molecule has 2 heterocycles. The van der Waals surface area contributed by atoms with Crippen molar-refractivity contribution in [3.63, 3.8) is 0 Å². The van der Waals surface area contributed by atoms with Crippen LogP contribution in [0.2, 0.25) is 0 Å². The van der Waals surface area contributed by atoms with E-state index in [1.165, 1.54) is 11.3 Å². The minimum atomic E-state index is -0.147. The maximum atomic E-state index is 13.1. The Balaban J connectivity index is 1.53. The molecule has 1 unspecified atom stereocenters. The van der Waals surface area contributed by atoms with E-state index in [-0.39, 0.29) is 18.6 Å². The molecule has 1 aliphatic rings. The quantitative estimate of drug-likeness (QED) is 0.552. The van der Waals surface area contributed by atoms with Crippen LogP contribution in [0.4, 0.5) is 5.13 Å². The van der Waals surface area contributed by atoms with E-state index in [9.17, 15) is 4.79 Å². The Labute approximate surface area is 174 Å². The van der Waals surface area contributed by atoms with Gasteiger partial charge in [0.2, 0.25) is 0 Å². The second-order valence-corrected chi connectivity index (χ2v) is 7.78. The average molecular weight is 413 g/mol. The normalized spacial score (nSPS) is 16.1. The molecule has 4 rings (SSSR count). The first-order valence-corrected chi connectivity index (χ1v) is 10.7. The molecule has 6 nitrogen and oxygen atoms in total. The van der Waals surface area contributed by atoms with Crippen LogP contribution in [0.5, 0.6) is 11.5 Å². The highest BCUT2D eigenvalue weighted by atomic mass is 32.1. The second-order valence-electron chi connectivity index (χ2n) is 6.77. The first kappa shape index (κ1) is 19.7. The summed E-state index contributed by atoms with van der Waals surface area (Å²) in [4.78, 5) is 19.5. The topological polar surface area (TPSA) is 60.9 Å². The Morgan fingerprint density at radius 3 is 2.66 bits per heavy atom. The summed E-state index contributed by atoms with van der Waals surface area (Å²) < 4.78 is 18.2. The van der Waals surface area contributed by atoms with Crippen molar-refractivity contribution in [2.24, 2.45) is 0 Å². The van der Waals surface area contributed by atoms with Gasteiger partial charge in [-0.1, -0.05) is 35.6 Å². The Morgan fingerprint density at radius 2 is 1.93 bits per heavy atom. The number of nitrogens with zero attached hydrogens (tertiary/aromatic N) is 2. The van der Waals surface area contributed by atoms with Gasteiger partial charge in [-0.25, -0.2) is 4.98 Å². The first-order chi connectivity index (χ1) is 14.2. The molecule has 3 aromatic rings. The summed E-state index contributed by atoms with van der Waals surface area (Å²) in [6, 6.07) is 15.3. The van der Waals surface area contributed by atoms with Gasteiger partial charge in [-0.05, 0) is 44.0 Å². The zero-order chi connectivity index (χ0) is 20.1. The molecule has 1 amide bonds. The van der Waals surface area contributed by atoms with Gasteiger partial charge < -0.3 is 14.2 Å². The van der Waals surface area contributed by atoms with Crippen molar-refractivity contribution in [3.8, 4) is 11.5 Å². The van der Waals surface area contributed by atoms with Crippen molar-refractivity contribution in [2.75, 3.05) is 31.3 Å². The molecule has 0 aliphatic carbocycles. The van der Waals surface area contributed by atoms with Crippen LogP contribution >= 0.6 is 11.3 Å². The molecule has 1 atom stereocenters. The summed E-state index contributed by atoms with van der Waals surface area (Å²) in [5.74, 6) is 1.04. The van der Waals surface area contributed by atoms with E-state index in [1.54, 1.807) is 11.0 Å². The highest BCUT2D eigenvalue weighted by Gasteiger charge is 2.26. The minimum absolute atomic E-state index is 0.0293. The van der Waals surface area contributed by atoms with Crippen molar-refractivity contribution in [3.05, 3.63) is 48.5 Å². The number of thiazole rings is 1. The fourth-order valence-corrected chi connectivity index (χ4v) is 4.31. The van der Waals surface area contributed by atoms with E-state index < -0.39 is 0 Å². The Morgan fingerprint density at radius 1 is 1.17 bits per heavy atom. The highest BCUT2D eigenvalue weighted by Crippen LogP contribution is 2.30. The van der Waals surface area contributed by atoms with Gasteiger partial charge in [-0.15, -0.1) is 0 Å². The molecule has 0 bridgehead atoms. The largest absolute Gasteiger partial charge is 0.490 e. The van der Waals surface area contributed by atoms with Crippen LogP contribution in [0.1, 0.15) is 19.8 Å². The molecule has 29 heavy (non-hydrogen) atoms. The summed E-state index contributed by atoms with van der Waals surface area (Å²) in [7, 11) is 0.